The van der Waals surface area contributed by atoms with Gasteiger partial charge in [0, 0.05) is 0 Å². The molecule has 2 fully saturated rings. The predicted octanol–water partition coefficient (Wildman–Crippen LogP) is 8.36. The molecule has 2 saturated carbocycles. The molecule has 0 heterocycles. The van der Waals surface area contributed by atoms with E-state index in [0.717, 1.165) is 30.2 Å². The maximum absolute atomic E-state index is 12.3. The summed E-state index contributed by atoms with van der Waals surface area (Å²) < 4.78 is 53.0. The zero-order valence-corrected chi connectivity index (χ0v) is 17.7. The molecule has 0 spiro atoms. The topological polar surface area (TPSA) is 9.23 Å². The van der Waals surface area contributed by atoms with E-state index in [1.165, 1.54) is 63.5 Å². The third-order valence-electron chi connectivity index (χ3n) is 6.99. The Morgan fingerprint density at radius 2 is 1.40 bits per heavy atom. The van der Waals surface area contributed by atoms with Crippen LogP contribution in [0.15, 0.2) is 36.4 Å². The molecule has 0 aromatic heterocycles. The summed E-state index contributed by atoms with van der Waals surface area (Å²) in [6.07, 6.45) is 12.5. The lowest BCUT2D eigenvalue weighted by atomic mass is 9.74. The van der Waals surface area contributed by atoms with Crippen molar-refractivity contribution in [2.45, 2.75) is 82.9 Å². The van der Waals surface area contributed by atoms with Crippen LogP contribution in [0.2, 0.25) is 0 Å². The summed E-state index contributed by atoms with van der Waals surface area (Å²) in [6.45, 7) is -0.258. The molecule has 0 N–H and O–H groups in total. The van der Waals surface area contributed by atoms with Crippen LogP contribution in [0.3, 0.4) is 0 Å². The first kappa shape index (κ1) is 23.1. The maximum Gasteiger partial charge on any atom is 0.573 e. The summed E-state index contributed by atoms with van der Waals surface area (Å²) in [7, 11) is 0. The lowest BCUT2D eigenvalue weighted by Gasteiger charge is -2.31. The highest BCUT2D eigenvalue weighted by Gasteiger charge is 2.31. The second-order valence-electron chi connectivity index (χ2n) is 9.10. The SMILES string of the molecule is FCC/C=C/[C@H]1CC[C@H](CCC2CCC(c3ccc(OC(F)(F)F)cc3)CC2)CC1. The molecular formula is C25H34F4O. The third-order valence-corrected chi connectivity index (χ3v) is 6.99. The first-order valence-corrected chi connectivity index (χ1v) is 11.5. The second kappa shape index (κ2) is 11.2. The molecule has 1 aromatic carbocycles. The number of hydrogen-bond donors (Lipinski definition) is 0. The Morgan fingerprint density at radius 3 is 1.93 bits per heavy atom. The van der Waals surface area contributed by atoms with E-state index in [-0.39, 0.29) is 12.4 Å². The Hall–Kier alpha value is -1.52. The Labute approximate surface area is 177 Å². The summed E-state index contributed by atoms with van der Waals surface area (Å²) in [5, 5.41) is 0. The number of hydrogen-bond acceptors (Lipinski definition) is 1. The van der Waals surface area contributed by atoms with Gasteiger partial charge in [0.1, 0.15) is 5.75 Å². The monoisotopic (exact) mass is 426 g/mol. The fraction of sp³-hybridized carbons (Fsp3) is 0.680. The van der Waals surface area contributed by atoms with Crippen LogP contribution in [0.25, 0.3) is 0 Å². The van der Waals surface area contributed by atoms with E-state index in [9.17, 15) is 17.6 Å². The minimum atomic E-state index is -4.63. The molecule has 1 nitrogen and oxygen atoms in total. The summed E-state index contributed by atoms with van der Waals surface area (Å²) >= 11 is 0. The smallest absolute Gasteiger partial charge is 0.406 e. The van der Waals surface area contributed by atoms with Gasteiger partial charge in [-0.3, -0.25) is 4.39 Å². The van der Waals surface area contributed by atoms with Crippen molar-refractivity contribution in [3.05, 3.63) is 42.0 Å². The third kappa shape index (κ3) is 7.63. The molecule has 0 amide bonds. The molecule has 30 heavy (non-hydrogen) atoms. The van der Waals surface area contributed by atoms with Crippen molar-refractivity contribution in [3.63, 3.8) is 0 Å². The quantitative estimate of drug-likeness (QED) is 0.300. The Bertz CT molecular complexity index is 636. The number of benzene rings is 1. The molecular weight excluding hydrogens is 392 g/mol. The Balaban J connectivity index is 1.34. The van der Waals surface area contributed by atoms with Crippen molar-refractivity contribution < 1.29 is 22.3 Å². The summed E-state index contributed by atoms with van der Waals surface area (Å²) in [6, 6.07) is 6.43. The van der Waals surface area contributed by atoms with E-state index in [1.807, 2.05) is 6.08 Å². The first-order valence-electron chi connectivity index (χ1n) is 11.5. The van der Waals surface area contributed by atoms with Gasteiger partial charge >= 0.3 is 6.36 Å². The molecule has 0 radical (unpaired) electrons. The molecule has 0 atom stereocenters. The van der Waals surface area contributed by atoms with Crippen LogP contribution in [0.5, 0.6) is 5.75 Å². The van der Waals surface area contributed by atoms with Gasteiger partial charge in [0.05, 0.1) is 6.67 Å². The molecule has 5 heteroatoms. The highest BCUT2D eigenvalue weighted by Crippen LogP contribution is 2.40. The molecule has 168 valence electrons. The maximum atomic E-state index is 12.3. The molecule has 0 unspecified atom stereocenters. The number of halogens is 4. The largest absolute Gasteiger partial charge is 0.573 e. The van der Waals surface area contributed by atoms with Gasteiger partial charge in [0.2, 0.25) is 0 Å². The highest BCUT2D eigenvalue weighted by atomic mass is 19.4. The summed E-state index contributed by atoms with van der Waals surface area (Å²) in [5.74, 6) is 2.59. The van der Waals surface area contributed by atoms with Crippen LogP contribution in [0.1, 0.15) is 82.1 Å². The van der Waals surface area contributed by atoms with Crippen molar-refractivity contribution in [2.75, 3.05) is 6.67 Å². The number of alkyl halides is 4. The minimum absolute atomic E-state index is 0.146. The minimum Gasteiger partial charge on any atom is -0.406 e. The van der Waals surface area contributed by atoms with Gasteiger partial charge in [0.25, 0.3) is 0 Å². The van der Waals surface area contributed by atoms with Crippen LogP contribution in [0, 0.1) is 17.8 Å². The highest BCUT2D eigenvalue weighted by molar-refractivity contribution is 5.29. The van der Waals surface area contributed by atoms with E-state index in [2.05, 4.69) is 10.8 Å². The van der Waals surface area contributed by atoms with Gasteiger partial charge in [-0.25, -0.2) is 0 Å². The number of rotatable bonds is 8. The fourth-order valence-electron chi connectivity index (χ4n) is 5.22. The van der Waals surface area contributed by atoms with Gasteiger partial charge in [-0.1, -0.05) is 37.1 Å². The first-order chi connectivity index (χ1) is 14.4. The van der Waals surface area contributed by atoms with Crippen molar-refractivity contribution in [3.8, 4) is 5.75 Å². The number of ether oxygens (including phenoxy) is 1. The Kier molecular flexibility index (Phi) is 8.64. The van der Waals surface area contributed by atoms with E-state index < -0.39 is 6.36 Å². The van der Waals surface area contributed by atoms with Crippen molar-refractivity contribution in [2.24, 2.45) is 17.8 Å². The summed E-state index contributed by atoms with van der Waals surface area (Å²) in [5.41, 5.74) is 1.13. The van der Waals surface area contributed by atoms with Crippen LogP contribution in [-0.4, -0.2) is 13.0 Å². The van der Waals surface area contributed by atoms with Gasteiger partial charge in [0.15, 0.2) is 0 Å². The Morgan fingerprint density at radius 1 is 0.833 bits per heavy atom. The van der Waals surface area contributed by atoms with Crippen LogP contribution >= 0.6 is 0 Å². The van der Waals surface area contributed by atoms with Crippen molar-refractivity contribution in [1.29, 1.82) is 0 Å². The second-order valence-corrected chi connectivity index (χ2v) is 9.10. The fourth-order valence-corrected chi connectivity index (χ4v) is 5.22. The average Bonchev–Trinajstić information content (AvgIpc) is 2.73. The van der Waals surface area contributed by atoms with Crippen LogP contribution in [0.4, 0.5) is 17.6 Å². The average molecular weight is 427 g/mol. The van der Waals surface area contributed by atoms with Gasteiger partial charge < -0.3 is 4.74 Å². The molecule has 0 saturated heterocycles. The number of allylic oxidation sites excluding steroid dienone is 2. The molecule has 1 aromatic rings. The molecule has 2 aliphatic rings. The zero-order valence-electron chi connectivity index (χ0n) is 17.7. The van der Waals surface area contributed by atoms with Gasteiger partial charge in [-0.05, 0) is 99.2 Å². The van der Waals surface area contributed by atoms with Gasteiger partial charge in [-0.15, -0.1) is 13.2 Å². The molecule has 2 aliphatic carbocycles. The summed E-state index contributed by atoms with van der Waals surface area (Å²) in [4.78, 5) is 0. The zero-order chi connectivity index (χ0) is 21.4. The standard InChI is InChI=1S/C25H34F4O/c26-18-2-1-3-19-4-6-20(7-5-19)8-9-21-10-12-22(13-11-21)23-14-16-24(17-15-23)30-25(27,28)29/h1,3,14-17,19-22H,2,4-13,18H2/b3-1+/t19-,20-,21?,22?. The van der Waals surface area contributed by atoms with Crippen LogP contribution < -0.4 is 4.74 Å². The van der Waals surface area contributed by atoms with E-state index in [4.69, 9.17) is 0 Å². The van der Waals surface area contributed by atoms with Crippen molar-refractivity contribution in [1.82, 2.24) is 0 Å². The molecule has 0 bridgehead atoms. The van der Waals surface area contributed by atoms with E-state index >= 15 is 0 Å². The van der Waals surface area contributed by atoms with E-state index in [1.54, 1.807) is 12.1 Å². The van der Waals surface area contributed by atoms with Crippen molar-refractivity contribution >= 4 is 0 Å². The molecule has 0 aliphatic heterocycles. The lowest BCUT2D eigenvalue weighted by molar-refractivity contribution is -0.274. The van der Waals surface area contributed by atoms with Crippen LogP contribution in [-0.2, 0) is 0 Å². The molecule has 3 rings (SSSR count). The lowest BCUT2D eigenvalue weighted by Crippen LogP contribution is -2.18. The predicted molar refractivity (Wildman–Crippen MR) is 112 cm³/mol. The normalized spacial score (nSPS) is 28.0. The van der Waals surface area contributed by atoms with E-state index in [0.29, 0.717) is 18.3 Å². The van der Waals surface area contributed by atoms with Gasteiger partial charge in [-0.2, -0.15) is 0 Å².